The molecule has 0 heterocycles. The van der Waals surface area contributed by atoms with Crippen molar-refractivity contribution in [2.75, 3.05) is 13.2 Å². The molecule has 0 aliphatic carbocycles. The number of halogens is 1. The fourth-order valence-corrected chi connectivity index (χ4v) is 2.84. The molecule has 1 N–H and O–H groups in total. The van der Waals surface area contributed by atoms with Gasteiger partial charge >= 0.3 is 0 Å². The second kappa shape index (κ2) is 9.76. The molecule has 0 aliphatic heterocycles. The molecule has 0 aliphatic rings. The van der Waals surface area contributed by atoms with Gasteiger partial charge in [-0.1, -0.05) is 61.0 Å². The summed E-state index contributed by atoms with van der Waals surface area (Å²) >= 11 is 6.01. The van der Waals surface area contributed by atoms with E-state index in [1.165, 1.54) is 0 Å². The number of nitrogens with one attached hydrogen (secondary N) is 1. The van der Waals surface area contributed by atoms with Crippen LogP contribution in [-0.4, -0.2) is 25.3 Å². The summed E-state index contributed by atoms with van der Waals surface area (Å²) in [5, 5.41) is 6.60. The van der Waals surface area contributed by atoms with E-state index in [1.807, 2.05) is 43.3 Å². The predicted octanol–water partition coefficient (Wildman–Crippen LogP) is 4.81. The van der Waals surface area contributed by atoms with Crippen LogP contribution in [0.15, 0.2) is 65.8 Å². The molecular formula is C22H21ClN2O3. The van der Waals surface area contributed by atoms with E-state index in [0.717, 1.165) is 28.5 Å². The zero-order valence-electron chi connectivity index (χ0n) is 15.5. The summed E-state index contributed by atoms with van der Waals surface area (Å²) < 4.78 is 11.2. The van der Waals surface area contributed by atoms with Crippen LogP contribution in [0.5, 0.6) is 11.5 Å². The lowest BCUT2D eigenvalue weighted by molar-refractivity contribution is -0.123. The number of hydrogen-bond acceptors (Lipinski definition) is 4. The zero-order chi connectivity index (χ0) is 19.8. The van der Waals surface area contributed by atoms with Gasteiger partial charge in [-0.15, -0.1) is 0 Å². The predicted molar refractivity (Wildman–Crippen MR) is 112 cm³/mol. The Morgan fingerprint density at radius 3 is 2.64 bits per heavy atom. The molecule has 3 rings (SSSR count). The second-order valence-electron chi connectivity index (χ2n) is 6.06. The standard InChI is InChI=1S/C22H21ClN2O3/c1-2-13-27-20-12-11-16-7-3-4-8-17(16)18(20)14-24-25-22(26)15-28-21-10-6-5-9-19(21)23/h3-12,14H,2,13,15H2,1H3,(H,25,26)/b24-14-. The molecule has 0 spiro atoms. The van der Waals surface area contributed by atoms with Crippen molar-refractivity contribution in [3.05, 3.63) is 71.2 Å². The van der Waals surface area contributed by atoms with Gasteiger partial charge in [-0.25, -0.2) is 5.43 Å². The van der Waals surface area contributed by atoms with Crippen molar-refractivity contribution >= 4 is 34.5 Å². The summed E-state index contributed by atoms with van der Waals surface area (Å²) in [7, 11) is 0. The summed E-state index contributed by atoms with van der Waals surface area (Å²) in [6.07, 6.45) is 2.50. The Balaban J connectivity index is 1.69. The second-order valence-corrected chi connectivity index (χ2v) is 6.47. The fraction of sp³-hybridized carbons (Fsp3) is 0.182. The number of amides is 1. The smallest absolute Gasteiger partial charge is 0.277 e. The van der Waals surface area contributed by atoms with Crippen LogP contribution >= 0.6 is 11.6 Å². The van der Waals surface area contributed by atoms with Crippen molar-refractivity contribution in [1.29, 1.82) is 0 Å². The first-order valence-electron chi connectivity index (χ1n) is 9.03. The highest BCUT2D eigenvalue weighted by Gasteiger charge is 2.08. The topological polar surface area (TPSA) is 59.9 Å². The number of carbonyl (C=O) groups excluding carboxylic acids is 1. The summed E-state index contributed by atoms with van der Waals surface area (Å²) in [6.45, 7) is 2.47. The van der Waals surface area contributed by atoms with Gasteiger partial charge in [0.05, 0.1) is 17.8 Å². The molecule has 5 nitrogen and oxygen atoms in total. The molecule has 3 aromatic rings. The van der Waals surface area contributed by atoms with Gasteiger partial charge in [0.1, 0.15) is 11.5 Å². The first-order valence-corrected chi connectivity index (χ1v) is 9.40. The van der Waals surface area contributed by atoms with Gasteiger partial charge in [0.15, 0.2) is 6.61 Å². The van der Waals surface area contributed by atoms with E-state index in [9.17, 15) is 4.79 Å². The number of fused-ring (bicyclic) bond motifs is 1. The highest BCUT2D eigenvalue weighted by molar-refractivity contribution is 6.32. The van der Waals surface area contributed by atoms with Crippen LogP contribution in [0.3, 0.4) is 0 Å². The van der Waals surface area contributed by atoms with E-state index in [0.29, 0.717) is 17.4 Å². The van der Waals surface area contributed by atoms with Crippen LogP contribution in [0.4, 0.5) is 0 Å². The van der Waals surface area contributed by atoms with Gasteiger partial charge in [0.2, 0.25) is 0 Å². The minimum absolute atomic E-state index is 0.185. The molecule has 144 valence electrons. The maximum absolute atomic E-state index is 12.0. The lowest BCUT2D eigenvalue weighted by Crippen LogP contribution is -2.24. The fourth-order valence-electron chi connectivity index (χ4n) is 2.65. The number of para-hydroxylation sites is 1. The van der Waals surface area contributed by atoms with Crippen molar-refractivity contribution in [3.63, 3.8) is 0 Å². The van der Waals surface area contributed by atoms with Crippen molar-refractivity contribution in [1.82, 2.24) is 5.43 Å². The molecule has 28 heavy (non-hydrogen) atoms. The van der Waals surface area contributed by atoms with Gasteiger partial charge in [0, 0.05) is 5.56 Å². The van der Waals surface area contributed by atoms with Crippen LogP contribution in [0.2, 0.25) is 5.02 Å². The summed E-state index contributed by atoms with van der Waals surface area (Å²) in [5.74, 6) is 0.797. The van der Waals surface area contributed by atoms with Crippen LogP contribution in [0, 0.1) is 0 Å². The van der Waals surface area contributed by atoms with Gasteiger partial charge in [-0.2, -0.15) is 5.10 Å². The lowest BCUT2D eigenvalue weighted by atomic mass is 10.0. The number of hydrogen-bond donors (Lipinski definition) is 1. The third-order valence-corrected chi connectivity index (χ3v) is 4.28. The Labute approximate surface area is 168 Å². The van der Waals surface area contributed by atoms with Crippen LogP contribution in [-0.2, 0) is 4.79 Å². The number of nitrogens with zero attached hydrogens (tertiary/aromatic N) is 1. The molecular weight excluding hydrogens is 376 g/mol. The molecule has 0 bridgehead atoms. The third-order valence-electron chi connectivity index (χ3n) is 3.97. The molecule has 0 atom stereocenters. The van der Waals surface area contributed by atoms with Gasteiger partial charge in [-0.05, 0) is 35.4 Å². The highest BCUT2D eigenvalue weighted by Crippen LogP contribution is 2.27. The van der Waals surface area contributed by atoms with Crippen molar-refractivity contribution in [2.45, 2.75) is 13.3 Å². The maximum Gasteiger partial charge on any atom is 0.277 e. The maximum atomic E-state index is 12.0. The Morgan fingerprint density at radius 2 is 1.82 bits per heavy atom. The van der Waals surface area contributed by atoms with Gasteiger partial charge < -0.3 is 9.47 Å². The number of carbonyl (C=O) groups is 1. The molecule has 0 saturated carbocycles. The largest absolute Gasteiger partial charge is 0.493 e. The number of benzene rings is 3. The summed E-state index contributed by atoms with van der Waals surface area (Å²) in [6, 6.07) is 18.9. The van der Waals surface area contributed by atoms with E-state index in [4.69, 9.17) is 21.1 Å². The molecule has 6 heteroatoms. The van der Waals surface area contributed by atoms with Crippen molar-refractivity contribution in [2.24, 2.45) is 5.10 Å². The zero-order valence-corrected chi connectivity index (χ0v) is 16.3. The normalized spacial score (nSPS) is 10.9. The first-order chi connectivity index (χ1) is 13.7. The van der Waals surface area contributed by atoms with E-state index in [-0.39, 0.29) is 12.5 Å². The summed E-state index contributed by atoms with van der Waals surface area (Å²) in [5.41, 5.74) is 3.29. The average Bonchev–Trinajstić information content (AvgIpc) is 2.72. The van der Waals surface area contributed by atoms with Crippen molar-refractivity contribution < 1.29 is 14.3 Å². The molecule has 0 fully saturated rings. The minimum atomic E-state index is -0.382. The van der Waals surface area contributed by atoms with E-state index in [1.54, 1.807) is 30.5 Å². The van der Waals surface area contributed by atoms with Crippen molar-refractivity contribution in [3.8, 4) is 11.5 Å². The molecule has 0 saturated heterocycles. The number of ether oxygens (including phenoxy) is 2. The van der Waals surface area contributed by atoms with Crippen LogP contribution in [0.1, 0.15) is 18.9 Å². The molecule has 1 amide bonds. The molecule has 0 aromatic heterocycles. The van der Waals surface area contributed by atoms with Gasteiger partial charge in [-0.3, -0.25) is 4.79 Å². The number of rotatable bonds is 8. The van der Waals surface area contributed by atoms with Crippen LogP contribution < -0.4 is 14.9 Å². The first kappa shape index (κ1) is 19.7. The van der Waals surface area contributed by atoms with E-state index in [2.05, 4.69) is 10.5 Å². The Kier molecular flexibility index (Phi) is 6.87. The minimum Gasteiger partial charge on any atom is -0.493 e. The average molecular weight is 397 g/mol. The van der Waals surface area contributed by atoms with Crippen LogP contribution in [0.25, 0.3) is 10.8 Å². The molecule has 0 radical (unpaired) electrons. The Hall–Kier alpha value is -3.05. The monoisotopic (exact) mass is 396 g/mol. The summed E-state index contributed by atoms with van der Waals surface area (Å²) in [4.78, 5) is 12.0. The van der Waals surface area contributed by atoms with Gasteiger partial charge in [0.25, 0.3) is 5.91 Å². The van der Waals surface area contributed by atoms with E-state index >= 15 is 0 Å². The Morgan fingerprint density at radius 1 is 1.04 bits per heavy atom. The number of hydrazone groups is 1. The molecule has 0 unspecified atom stereocenters. The SMILES string of the molecule is CCCOc1ccc2ccccc2c1/C=N\NC(=O)COc1ccccc1Cl. The quantitative estimate of drug-likeness (QED) is 0.439. The molecule has 3 aromatic carbocycles. The third kappa shape index (κ3) is 5.02. The lowest BCUT2D eigenvalue weighted by Gasteiger charge is -2.11. The highest BCUT2D eigenvalue weighted by atomic mass is 35.5. The van der Waals surface area contributed by atoms with E-state index < -0.39 is 0 Å². The Bertz CT molecular complexity index is 988.